The lowest BCUT2D eigenvalue weighted by Gasteiger charge is -2.11. The number of nitriles is 1. The second-order valence-electron chi connectivity index (χ2n) is 12.9. The zero-order chi connectivity index (χ0) is 44.5. The van der Waals surface area contributed by atoms with Gasteiger partial charge in [0.1, 0.15) is 60.4 Å². The van der Waals surface area contributed by atoms with Crippen molar-refractivity contribution in [2.24, 2.45) is 0 Å². The van der Waals surface area contributed by atoms with Gasteiger partial charge in [0.25, 0.3) is 20.0 Å². The predicted octanol–water partition coefficient (Wildman–Crippen LogP) is 7.72. The molecule has 320 valence electrons. The molecule has 6 aromatic rings. The number of hydrogen-bond acceptors (Lipinski definition) is 11. The monoisotopic (exact) mass is 879 g/mol. The van der Waals surface area contributed by atoms with Crippen molar-refractivity contribution in [3.63, 3.8) is 0 Å². The number of nitrogens with one attached hydrogen (secondary N) is 2. The Morgan fingerprint density at radius 3 is 1.27 bits per heavy atom. The summed E-state index contributed by atoms with van der Waals surface area (Å²) in [6, 6.07) is 39.6. The molecule has 0 amide bonds. The van der Waals surface area contributed by atoms with Gasteiger partial charge in [-0.25, -0.2) is 26.4 Å². The minimum Gasteiger partial charge on any atom is -0.490 e. The van der Waals surface area contributed by atoms with Crippen LogP contribution >= 0.6 is 0 Å². The highest BCUT2D eigenvalue weighted by molar-refractivity contribution is 7.93. The summed E-state index contributed by atoms with van der Waals surface area (Å²) in [6.45, 7) is 3.03. The highest BCUT2D eigenvalue weighted by atomic mass is 32.2. The van der Waals surface area contributed by atoms with Crippen LogP contribution in [-0.2, 0) is 26.5 Å². The predicted molar refractivity (Wildman–Crippen MR) is 230 cm³/mol. The minimum absolute atomic E-state index is 0.0625. The number of benzene rings is 6. The van der Waals surface area contributed by atoms with E-state index in [-0.39, 0.29) is 52.9 Å². The highest BCUT2D eigenvalue weighted by Gasteiger charge is 2.18. The lowest BCUT2D eigenvalue weighted by atomic mass is 10.2. The molecule has 0 aliphatic heterocycles. The van der Waals surface area contributed by atoms with Gasteiger partial charge in [-0.05, 0) is 133 Å². The molecule has 0 aliphatic rings. The van der Waals surface area contributed by atoms with E-state index in [1.165, 1.54) is 36.4 Å². The third-order valence-corrected chi connectivity index (χ3v) is 11.4. The van der Waals surface area contributed by atoms with Gasteiger partial charge in [0.05, 0.1) is 21.6 Å². The third-order valence-electron chi connectivity index (χ3n) is 8.60. The quantitative estimate of drug-likeness (QED) is 0.0572. The Morgan fingerprint density at radius 2 is 0.903 bits per heavy atom. The number of hydrogen-bond donors (Lipinski definition) is 4. The van der Waals surface area contributed by atoms with Crippen LogP contribution in [0.5, 0.6) is 23.0 Å². The van der Waals surface area contributed by atoms with Crippen molar-refractivity contribution in [1.29, 1.82) is 5.26 Å². The van der Waals surface area contributed by atoms with Crippen LogP contribution < -0.4 is 28.4 Å². The molecule has 0 saturated heterocycles. The average molecular weight is 880 g/mol. The molecule has 15 nitrogen and oxygen atoms in total. The maximum Gasteiger partial charge on any atom is 0.335 e. The first-order valence-corrected chi connectivity index (χ1v) is 21.7. The maximum absolute atomic E-state index is 12.5. The number of carbonyl (C=O) groups is 2. The van der Waals surface area contributed by atoms with E-state index < -0.39 is 32.0 Å². The number of sulfonamides is 2. The normalized spacial score (nSPS) is 10.8. The van der Waals surface area contributed by atoms with E-state index in [1.807, 2.05) is 13.0 Å². The topological polar surface area (TPSA) is 228 Å². The number of rotatable bonds is 19. The lowest BCUT2D eigenvalue weighted by Crippen LogP contribution is -2.14. The van der Waals surface area contributed by atoms with Crippen molar-refractivity contribution < 1.29 is 55.6 Å². The Labute approximate surface area is 358 Å². The smallest absolute Gasteiger partial charge is 0.335 e. The minimum atomic E-state index is -3.90. The summed E-state index contributed by atoms with van der Waals surface area (Å²) in [7, 11) is -7.56. The van der Waals surface area contributed by atoms with Crippen LogP contribution in [0.25, 0.3) is 0 Å². The van der Waals surface area contributed by atoms with Gasteiger partial charge in [-0.1, -0.05) is 31.2 Å². The molecular weight excluding hydrogens is 839 g/mol. The highest BCUT2D eigenvalue weighted by Crippen LogP contribution is 2.23. The van der Waals surface area contributed by atoms with Crippen LogP contribution in [0.3, 0.4) is 0 Å². The van der Waals surface area contributed by atoms with E-state index in [2.05, 4.69) is 9.44 Å². The van der Waals surface area contributed by atoms with Crippen molar-refractivity contribution in [1.82, 2.24) is 0 Å². The summed E-state index contributed by atoms with van der Waals surface area (Å²) in [5, 5.41) is 26.8. The first kappa shape index (κ1) is 45.5. The molecule has 6 aromatic carbocycles. The van der Waals surface area contributed by atoms with Gasteiger partial charge in [-0.15, -0.1) is 0 Å². The fourth-order valence-corrected chi connectivity index (χ4v) is 7.66. The summed E-state index contributed by atoms with van der Waals surface area (Å²) in [6.07, 6.45) is 0.845. The molecule has 6 rings (SSSR count). The Morgan fingerprint density at radius 1 is 0.532 bits per heavy atom. The Balaban J connectivity index is 0.000000234. The third kappa shape index (κ3) is 13.5. The summed E-state index contributed by atoms with van der Waals surface area (Å²) in [5.74, 6) is 0.163. The van der Waals surface area contributed by atoms with Gasteiger partial charge in [-0.2, -0.15) is 5.26 Å². The molecule has 62 heavy (non-hydrogen) atoms. The van der Waals surface area contributed by atoms with Crippen molar-refractivity contribution in [3.05, 3.63) is 168 Å². The molecule has 0 bridgehead atoms. The van der Waals surface area contributed by atoms with E-state index in [0.717, 1.165) is 12.0 Å². The van der Waals surface area contributed by atoms with Crippen LogP contribution in [0, 0.1) is 11.3 Å². The molecule has 0 aliphatic carbocycles. The number of carboxylic acid groups (broad SMARTS) is 2. The number of aryl methyl sites for hydroxylation is 1. The molecule has 4 N–H and O–H groups in total. The van der Waals surface area contributed by atoms with E-state index in [0.29, 0.717) is 34.4 Å². The lowest BCUT2D eigenvalue weighted by molar-refractivity contribution is 0.0686. The van der Waals surface area contributed by atoms with Crippen LogP contribution in [0.15, 0.2) is 155 Å². The second kappa shape index (κ2) is 21.6. The molecule has 0 atom stereocenters. The van der Waals surface area contributed by atoms with E-state index in [1.54, 1.807) is 109 Å². The Hall–Kier alpha value is -7.55. The maximum atomic E-state index is 12.5. The number of aromatic carboxylic acids is 2. The van der Waals surface area contributed by atoms with Crippen LogP contribution in [0.2, 0.25) is 0 Å². The van der Waals surface area contributed by atoms with E-state index in [4.69, 9.17) is 34.4 Å². The Bertz CT molecular complexity index is 2690. The van der Waals surface area contributed by atoms with Crippen molar-refractivity contribution in [2.45, 2.75) is 23.1 Å². The van der Waals surface area contributed by atoms with E-state index in [9.17, 15) is 26.4 Å². The van der Waals surface area contributed by atoms with Gasteiger partial charge in [0, 0.05) is 11.4 Å². The largest absolute Gasteiger partial charge is 0.490 e. The molecule has 0 spiro atoms. The first-order valence-electron chi connectivity index (χ1n) is 18.8. The molecular formula is C45H41N3O12S2. The second-order valence-corrected chi connectivity index (χ2v) is 16.3. The molecule has 0 radical (unpaired) electrons. The zero-order valence-electron chi connectivity index (χ0n) is 33.1. The number of nitrogens with zero attached hydrogens (tertiary/aromatic N) is 1. The molecule has 0 heterocycles. The van der Waals surface area contributed by atoms with E-state index >= 15 is 0 Å². The number of anilines is 2. The fourth-order valence-electron chi connectivity index (χ4n) is 5.39. The molecule has 0 saturated carbocycles. The molecule has 0 aromatic heterocycles. The molecule has 0 fully saturated rings. The van der Waals surface area contributed by atoms with Gasteiger partial charge in [-0.3, -0.25) is 9.44 Å². The van der Waals surface area contributed by atoms with Crippen molar-refractivity contribution in [3.8, 4) is 29.1 Å². The number of ether oxygens (including phenoxy) is 4. The summed E-state index contributed by atoms with van der Waals surface area (Å²) >= 11 is 0. The first-order chi connectivity index (χ1) is 29.8. The van der Waals surface area contributed by atoms with Crippen molar-refractivity contribution in [2.75, 3.05) is 35.9 Å². The van der Waals surface area contributed by atoms with Gasteiger partial charge in [0.2, 0.25) is 0 Å². The zero-order valence-corrected chi connectivity index (χ0v) is 34.8. The standard InChI is InChI=1S/C23H23NO6S.C22H18N2O6S/c1-2-17-3-13-22(14-4-17)31(27,28)24-19-7-11-21(12-8-19)30-16-15-29-20-9-5-18(6-10-20)23(25)26;23-15-17-3-1-2-4-21(17)31(27,28)24-18-7-11-20(12-8-18)30-14-13-29-19-9-5-16(6-10-19)22(25)26/h3-14,24H,2,15-16H2,1H3,(H,25,26);1-12,24H,13-14H2,(H,25,26). The fraction of sp³-hybridized carbons (Fsp3) is 0.133. The van der Waals surface area contributed by atoms with Gasteiger partial charge < -0.3 is 29.2 Å². The van der Waals surface area contributed by atoms with Gasteiger partial charge in [0.15, 0.2) is 0 Å². The average Bonchev–Trinajstić information content (AvgIpc) is 3.28. The van der Waals surface area contributed by atoms with Gasteiger partial charge >= 0.3 is 11.9 Å². The Kier molecular flexibility index (Phi) is 15.9. The molecule has 17 heteroatoms. The van der Waals surface area contributed by atoms with Crippen molar-refractivity contribution >= 4 is 43.4 Å². The van der Waals surface area contributed by atoms with Crippen LogP contribution in [0.1, 0.15) is 38.8 Å². The summed E-state index contributed by atoms with van der Waals surface area (Å²) < 4.78 is 77.2. The summed E-state index contributed by atoms with van der Waals surface area (Å²) in [4.78, 5) is 21.8. The molecule has 0 unspecified atom stereocenters. The van der Waals surface area contributed by atoms with Crippen LogP contribution in [0.4, 0.5) is 11.4 Å². The SMILES string of the molecule is CCc1ccc(S(=O)(=O)Nc2ccc(OCCOc3ccc(C(=O)O)cc3)cc2)cc1.N#Cc1ccccc1S(=O)(=O)Nc1ccc(OCCOc2ccc(C(=O)O)cc2)cc1. The van der Waals surface area contributed by atoms with Crippen LogP contribution in [-0.4, -0.2) is 65.4 Å². The summed E-state index contributed by atoms with van der Waals surface area (Å²) in [5.41, 5.74) is 2.26. The number of carboxylic acids is 2.